The van der Waals surface area contributed by atoms with Crippen LogP contribution in [0.5, 0.6) is 0 Å². The molecule has 0 saturated carbocycles. The van der Waals surface area contributed by atoms with Gasteiger partial charge in [0, 0.05) is 11.5 Å². The maximum atomic E-state index is 12.1. The lowest BCUT2D eigenvalue weighted by molar-refractivity contribution is 0.627. The topological polar surface area (TPSA) is 24.1 Å². The molecule has 0 amide bonds. The fourth-order valence-corrected chi connectivity index (χ4v) is 0.871. The van der Waals surface area contributed by atoms with Gasteiger partial charge >= 0.3 is 0 Å². The van der Waals surface area contributed by atoms with Gasteiger partial charge in [-0.05, 0) is 24.3 Å². The van der Waals surface area contributed by atoms with Crippen LogP contribution in [-0.2, 0) is 0 Å². The van der Waals surface area contributed by atoms with Crippen LogP contribution in [0.1, 0.15) is 0 Å². The molecular weight excluding hydrogens is 255 g/mol. The van der Waals surface area contributed by atoms with Crippen molar-refractivity contribution in [1.29, 1.82) is 0 Å². The Kier molecular flexibility index (Phi) is 7.77. The molecule has 5 heteroatoms. The standard InChI is InChI=1S/C6H4BrF.C2H6N2S/c7-5-1-3-6(8)4-2-5;1-3-4-2-5/h1-4H;2-3H,1H3,(H,4,5). The van der Waals surface area contributed by atoms with Gasteiger partial charge in [-0.15, -0.1) is 0 Å². The van der Waals surface area contributed by atoms with E-state index < -0.39 is 0 Å². The van der Waals surface area contributed by atoms with Gasteiger partial charge in [0.1, 0.15) is 5.82 Å². The van der Waals surface area contributed by atoms with Gasteiger partial charge in [0.25, 0.3) is 0 Å². The van der Waals surface area contributed by atoms with Crippen LogP contribution in [0.2, 0.25) is 0 Å². The number of hydrogen-bond acceptors (Lipinski definition) is 2. The molecule has 0 heterocycles. The number of rotatable bonds is 2. The van der Waals surface area contributed by atoms with Gasteiger partial charge in [-0.2, -0.15) is 0 Å². The first-order valence-corrected chi connectivity index (χ1v) is 4.74. The molecule has 2 N–H and O–H groups in total. The average molecular weight is 265 g/mol. The van der Waals surface area contributed by atoms with Crippen LogP contribution in [0.3, 0.4) is 0 Å². The maximum absolute atomic E-state index is 12.1. The second-order valence-corrected chi connectivity index (χ2v) is 3.10. The second kappa shape index (κ2) is 8.10. The third kappa shape index (κ3) is 7.83. The zero-order valence-corrected chi connectivity index (χ0v) is 9.45. The van der Waals surface area contributed by atoms with Crippen molar-refractivity contribution in [2.45, 2.75) is 0 Å². The predicted octanol–water partition coefficient (Wildman–Crippen LogP) is 2.26. The van der Waals surface area contributed by atoms with E-state index in [4.69, 9.17) is 0 Å². The van der Waals surface area contributed by atoms with Crippen LogP contribution in [0.4, 0.5) is 4.39 Å². The van der Waals surface area contributed by atoms with Gasteiger partial charge in [0.05, 0.1) is 5.49 Å². The summed E-state index contributed by atoms with van der Waals surface area (Å²) in [5.74, 6) is -0.201. The van der Waals surface area contributed by atoms with E-state index in [0.717, 1.165) is 4.47 Å². The van der Waals surface area contributed by atoms with E-state index in [-0.39, 0.29) is 5.82 Å². The smallest absolute Gasteiger partial charge is 0.123 e. The van der Waals surface area contributed by atoms with Gasteiger partial charge in [-0.3, -0.25) is 0 Å². The highest BCUT2D eigenvalue weighted by atomic mass is 79.9. The maximum Gasteiger partial charge on any atom is 0.123 e. The fourth-order valence-electron chi connectivity index (χ4n) is 0.488. The van der Waals surface area contributed by atoms with E-state index in [1.807, 2.05) is 0 Å². The van der Waals surface area contributed by atoms with E-state index in [1.165, 1.54) is 17.6 Å². The molecule has 0 spiro atoms. The lowest BCUT2D eigenvalue weighted by Gasteiger charge is -1.85. The number of thiocarbonyl (C=S) groups is 1. The molecule has 0 saturated heterocycles. The number of halogens is 2. The molecule has 0 fully saturated rings. The molecule has 0 radical (unpaired) electrons. The summed E-state index contributed by atoms with van der Waals surface area (Å²) in [6.45, 7) is 0. The lowest BCUT2D eigenvalue weighted by Crippen LogP contribution is -2.24. The summed E-state index contributed by atoms with van der Waals surface area (Å²) in [6.07, 6.45) is 0. The number of hydrazine groups is 1. The fraction of sp³-hybridized carbons (Fsp3) is 0.125. The molecule has 13 heavy (non-hydrogen) atoms. The van der Waals surface area contributed by atoms with Gasteiger partial charge in [0.15, 0.2) is 0 Å². The van der Waals surface area contributed by atoms with Crippen LogP contribution < -0.4 is 10.9 Å². The highest BCUT2D eigenvalue weighted by Crippen LogP contribution is 2.08. The first-order chi connectivity index (χ1) is 6.20. The Bertz CT molecular complexity index is 219. The van der Waals surface area contributed by atoms with Crippen LogP contribution in [0.15, 0.2) is 28.7 Å². The molecule has 2 nitrogen and oxygen atoms in total. The minimum atomic E-state index is -0.201. The van der Waals surface area contributed by atoms with Crippen LogP contribution in [0, 0.1) is 5.82 Å². The lowest BCUT2D eigenvalue weighted by atomic mass is 10.4. The van der Waals surface area contributed by atoms with Crippen molar-refractivity contribution >= 4 is 33.6 Å². The molecule has 1 aromatic rings. The van der Waals surface area contributed by atoms with Crippen molar-refractivity contribution < 1.29 is 4.39 Å². The van der Waals surface area contributed by atoms with Crippen molar-refractivity contribution in [2.24, 2.45) is 0 Å². The van der Waals surface area contributed by atoms with Gasteiger partial charge in [0.2, 0.25) is 0 Å². The molecular formula is C8H10BrFN2S. The first-order valence-electron chi connectivity index (χ1n) is 3.47. The third-order valence-electron chi connectivity index (χ3n) is 1.01. The molecule has 0 atom stereocenters. The molecule has 0 bridgehead atoms. The number of benzene rings is 1. The van der Waals surface area contributed by atoms with Gasteiger partial charge < -0.3 is 5.43 Å². The Balaban J connectivity index is 0.000000252. The van der Waals surface area contributed by atoms with Crippen molar-refractivity contribution in [2.75, 3.05) is 7.05 Å². The van der Waals surface area contributed by atoms with Crippen molar-refractivity contribution in [3.05, 3.63) is 34.6 Å². The zero-order valence-electron chi connectivity index (χ0n) is 7.05. The first kappa shape index (κ1) is 12.5. The van der Waals surface area contributed by atoms with Crippen molar-refractivity contribution in [3.63, 3.8) is 0 Å². The zero-order chi connectivity index (χ0) is 10.1. The van der Waals surface area contributed by atoms with E-state index in [0.29, 0.717) is 0 Å². The summed E-state index contributed by atoms with van der Waals surface area (Å²) in [5.41, 5.74) is 6.56. The molecule has 72 valence electrons. The number of nitrogens with one attached hydrogen (secondary N) is 2. The average Bonchev–Trinajstić information content (AvgIpc) is 2.13. The summed E-state index contributed by atoms with van der Waals surface area (Å²) in [7, 11) is 1.75. The summed E-state index contributed by atoms with van der Waals surface area (Å²) in [6, 6.07) is 6.14. The van der Waals surface area contributed by atoms with Crippen LogP contribution >= 0.6 is 28.1 Å². The normalized spacial score (nSPS) is 8.23. The Morgan fingerprint density at radius 3 is 2.15 bits per heavy atom. The summed E-state index contributed by atoms with van der Waals surface area (Å²) in [4.78, 5) is 0. The summed E-state index contributed by atoms with van der Waals surface area (Å²) >= 11 is 7.53. The Labute approximate surface area is 90.6 Å². The highest BCUT2D eigenvalue weighted by molar-refractivity contribution is 9.10. The van der Waals surface area contributed by atoms with Crippen LogP contribution in [0.25, 0.3) is 0 Å². The Morgan fingerprint density at radius 2 is 1.92 bits per heavy atom. The van der Waals surface area contributed by atoms with Crippen LogP contribution in [-0.4, -0.2) is 12.5 Å². The Morgan fingerprint density at radius 1 is 1.38 bits per heavy atom. The monoisotopic (exact) mass is 264 g/mol. The molecule has 0 aliphatic heterocycles. The third-order valence-corrected chi connectivity index (χ3v) is 1.65. The van der Waals surface area contributed by atoms with E-state index >= 15 is 0 Å². The van der Waals surface area contributed by atoms with E-state index in [9.17, 15) is 4.39 Å². The molecule has 1 aromatic carbocycles. The molecule has 1 rings (SSSR count). The molecule has 0 unspecified atom stereocenters. The van der Waals surface area contributed by atoms with Crippen molar-refractivity contribution in [3.8, 4) is 0 Å². The predicted molar refractivity (Wildman–Crippen MR) is 60.0 cm³/mol. The Hall–Kier alpha value is -0.520. The largest absolute Gasteiger partial charge is 0.318 e. The summed E-state index contributed by atoms with van der Waals surface area (Å²) in [5, 5.41) is 0. The molecule has 0 aliphatic carbocycles. The van der Waals surface area contributed by atoms with Gasteiger partial charge in [-0.25, -0.2) is 9.82 Å². The van der Waals surface area contributed by atoms with Gasteiger partial charge in [-0.1, -0.05) is 28.1 Å². The minimum Gasteiger partial charge on any atom is -0.318 e. The SMILES string of the molecule is CNNC=S.Fc1ccc(Br)cc1. The quantitative estimate of drug-likeness (QED) is 0.633. The molecule has 0 aromatic heterocycles. The van der Waals surface area contributed by atoms with Crippen molar-refractivity contribution in [1.82, 2.24) is 10.9 Å². The van der Waals surface area contributed by atoms with E-state index in [2.05, 4.69) is 39.0 Å². The van der Waals surface area contributed by atoms with E-state index in [1.54, 1.807) is 19.2 Å². The summed E-state index contributed by atoms with van der Waals surface area (Å²) < 4.78 is 13.0. The second-order valence-electron chi connectivity index (χ2n) is 1.95. The molecule has 0 aliphatic rings. The minimum absolute atomic E-state index is 0.201. The number of hydrogen-bond donors (Lipinski definition) is 2. The highest BCUT2D eigenvalue weighted by Gasteiger charge is 1.84.